The molecule has 25 heavy (non-hydrogen) atoms. The Hall–Kier alpha value is -0.161. The summed E-state index contributed by atoms with van der Waals surface area (Å²) in [5, 5.41) is 17.9. The molecule has 8 unspecified atom stereocenters. The number of nitrogens with zero attached hydrogens (tertiary/aromatic N) is 2. The van der Waals surface area contributed by atoms with Crippen molar-refractivity contribution in [1.82, 2.24) is 10.6 Å². The first-order valence-corrected chi connectivity index (χ1v) is 10.1. The first-order chi connectivity index (χ1) is 11.8. The Bertz CT molecular complexity index is 436. The molecule has 0 radical (unpaired) electrons. The third kappa shape index (κ3) is 4.23. The van der Waals surface area contributed by atoms with E-state index in [1.807, 2.05) is 0 Å². The molecule has 2 N–H and O–H groups in total. The van der Waals surface area contributed by atoms with Crippen molar-refractivity contribution in [2.45, 2.75) is 99.7 Å². The number of nitrogens with one attached hydrogen (secondary N) is 2. The van der Waals surface area contributed by atoms with Crippen LogP contribution in [0.2, 0.25) is 0 Å². The van der Waals surface area contributed by atoms with Gasteiger partial charge in [0.2, 0.25) is 0 Å². The van der Waals surface area contributed by atoms with Crippen molar-refractivity contribution in [2.75, 3.05) is 0 Å². The molecule has 5 aliphatic rings. The fraction of sp³-hybridized carbons (Fsp3) is 0.800. The average Bonchev–Trinajstić information content (AvgIpc) is 3.32. The van der Waals surface area contributed by atoms with Gasteiger partial charge in [0, 0.05) is 24.2 Å². The molecule has 0 saturated carbocycles. The Morgan fingerprint density at radius 2 is 0.800 bits per heavy atom. The van der Waals surface area contributed by atoms with Crippen LogP contribution in [0.5, 0.6) is 0 Å². The molecule has 8 atom stereocenters. The topological polar surface area (TPSA) is 52.3 Å². The van der Waals surface area contributed by atoms with E-state index in [9.17, 15) is 0 Å². The van der Waals surface area contributed by atoms with Gasteiger partial charge >= 0.3 is 17.1 Å². The third-order valence-electron chi connectivity index (χ3n) is 6.62. The Morgan fingerprint density at radius 3 is 1.08 bits per heavy atom. The van der Waals surface area contributed by atoms with Crippen LogP contribution in [-0.2, 0) is 17.1 Å². The smallest absolute Gasteiger partial charge is 0.657 e. The molecule has 3 saturated heterocycles. The molecule has 0 amide bonds. The van der Waals surface area contributed by atoms with Gasteiger partial charge in [-0.1, -0.05) is 75.7 Å². The summed E-state index contributed by atoms with van der Waals surface area (Å²) < 4.78 is 0. The van der Waals surface area contributed by atoms with Crippen LogP contribution in [0.3, 0.4) is 0 Å². The van der Waals surface area contributed by atoms with Gasteiger partial charge < -0.3 is 21.3 Å². The maximum absolute atomic E-state index is 5.13. The van der Waals surface area contributed by atoms with Gasteiger partial charge in [0.05, 0.1) is 0 Å². The summed E-state index contributed by atoms with van der Waals surface area (Å²) in [5.41, 5.74) is 0. The molecule has 0 aromatic rings. The molecule has 3 fully saturated rings. The molecule has 8 bridgehead atoms. The zero-order chi connectivity index (χ0) is 15.9. The van der Waals surface area contributed by atoms with E-state index in [1.165, 1.54) is 51.4 Å². The van der Waals surface area contributed by atoms with Gasteiger partial charge in [0.1, 0.15) is 0 Å². The van der Waals surface area contributed by atoms with Gasteiger partial charge in [0.25, 0.3) is 0 Å². The SMILES string of the molecule is C1=CC2CC3CCC(CC4C=CC(CC5CCC(CC1N2)[N-]5)N4)[N-]3.[Fe+2]. The predicted molar refractivity (Wildman–Crippen MR) is 98.5 cm³/mol. The Labute approximate surface area is 162 Å². The normalized spacial score (nSPS) is 48.6. The number of hydrogen-bond donors (Lipinski definition) is 2. The fourth-order valence-corrected chi connectivity index (χ4v) is 5.45. The summed E-state index contributed by atoms with van der Waals surface area (Å²) in [6.45, 7) is 0. The van der Waals surface area contributed by atoms with Gasteiger partial charge in [0.15, 0.2) is 0 Å². The summed E-state index contributed by atoms with van der Waals surface area (Å²) in [6, 6.07) is 4.36. The van der Waals surface area contributed by atoms with E-state index in [2.05, 4.69) is 34.9 Å². The minimum atomic E-state index is 0. The van der Waals surface area contributed by atoms with Crippen LogP contribution in [0, 0.1) is 0 Å². The molecule has 0 spiro atoms. The second kappa shape index (κ2) is 7.84. The number of rotatable bonds is 0. The summed E-state index contributed by atoms with van der Waals surface area (Å²) >= 11 is 0. The van der Waals surface area contributed by atoms with E-state index in [1.54, 1.807) is 0 Å². The molecule has 138 valence electrons. The van der Waals surface area contributed by atoms with Crippen LogP contribution >= 0.6 is 0 Å². The van der Waals surface area contributed by atoms with Crippen LogP contribution in [-0.4, -0.2) is 48.3 Å². The Balaban J connectivity index is 0.00000157. The minimum absolute atomic E-state index is 0. The van der Waals surface area contributed by atoms with Crippen molar-refractivity contribution in [1.29, 1.82) is 0 Å². The average molecular weight is 382 g/mol. The maximum Gasteiger partial charge on any atom is 2.00 e. The fourth-order valence-electron chi connectivity index (χ4n) is 5.45. The van der Waals surface area contributed by atoms with Crippen LogP contribution in [0.1, 0.15) is 51.4 Å². The van der Waals surface area contributed by atoms with Gasteiger partial charge in [-0.2, -0.15) is 0 Å². The van der Waals surface area contributed by atoms with Crippen molar-refractivity contribution >= 4 is 0 Å². The Morgan fingerprint density at radius 1 is 0.520 bits per heavy atom. The number of hydrogen-bond acceptors (Lipinski definition) is 2. The number of fused-ring (bicyclic) bond motifs is 8. The molecular formula is C20H30FeN4. The zero-order valence-electron chi connectivity index (χ0n) is 14.8. The largest absolute Gasteiger partial charge is 2.00 e. The van der Waals surface area contributed by atoms with E-state index < -0.39 is 0 Å². The second-order valence-electron chi connectivity index (χ2n) is 8.54. The first kappa shape index (κ1) is 18.2. The third-order valence-corrected chi connectivity index (χ3v) is 6.62. The van der Waals surface area contributed by atoms with Crippen LogP contribution < -0.4 is 10.6 Å². The first-order valence-electron chi connectivity index (χ1n) is 10.1. The van der Waals surface area contributed by atoms with E-state index >= 15 is 0 Å². The van der Waals surface area contributed by atoms with E-state index in [4.69, 9.17) is 10.6 Å². The van der Waals surface area contributed by atoms with E-state index in [-0.39, 0.29) is 17.1 Å². The molecule has 0 aliphatic carbocycles. The standard InChI is InChI=1S/C20H30N4.Fe/c1-2-14-10-16-5-6-18(23-16)12-20-8-7-19(24-20)11-17-4-3-15(22-17)9-13(1)21-14;/h1-2,7-8,13-21,24H,3-6,9-12H2;/q-2;+2. The van der Waals surface area contributed by atoms with Crippen molar-refractivity contribution in [2.24, 2.45) is 0 Å². The van der Waals surface area contributed by atoms with Gasteiger partial charge in [-0.15, -0.1) is 24.2 Å². The van der Waals surface area contributed by atoms with Crippen molar-refractivity contribution in [3.05, 3.63) is 34.9 Å². The zero-order valence-corrected chi connectivity index (χ0v) is 15.9. The quantitative estimate of drug-likeness (QED) is 0.500. The second-order valence-corrected chi connectivity index (χ2v) is 8.54. The van der Waals surface area contributed by atoms with Crippen LogP contribution in [0.15, 0.2) is 24.3 Å². The maximum atomic E-state index is 5.13. The molecule has 0 aromatic heterocycles. The summed E-state index contributed by atoms with van der Waals surface area (Å²) in [6.07, 6.45) is 19.4. The van der Waals surface area contributed by atoms with E-state index in [0.717, 1.165) is 0 Å². The molecule has 5 heterocycles. The molecular weight excluding hydrogens is 352 g/mol. The van der Waals surface area contributed by atoms with Gasteiger partial charge in [-0.05, 0) is 0 Å². The van der Waals surface area contributed by atoms with Crippen molar-refractivity contribution in [3.63, 3.8) is 0 Å². The van der Waals surface area contributed by atoms with Crippen LogP contribution in [0.25, 0.3) is 10.6 Å². The van der Waals surface area contributed by atoms with Gasteiger partial charge in [-0.3, -0.25) is 0 Å². The van der Waals surface area contributed by atoms with Crippen molar-refractivity contribution in [3.8, 4) is 0 Å². The van der Waals surface area contributed by atoms with Gasteiger partial charge in [-0.25, -0.2) is 0 Å². The predicted octanol–water partition coefficient (Wildman–Crippen LogP) is 3.16. The Kier molecular flexibility index (Phi) is 5.71. The minimum Gasteiger partial charge on any atom is -0.657 e. The van der Waals surface area contributed by atoms with E-state index in [0.29, 0.717) is 48.3 Å². The molecule has 5 rings (SSSR count). The monoisotopic (exact) mass is 382 g/mol. The molecule has 5 heteroatoms. The summed E-state index contributed by atoms with van der Waals surface area (Å²) in [4.78, 5) is 0. The molecule has 0 aromatic carbocycles. The summed E-state index contributed by atoms with van der Waals surface area (Å²) in [5.74, 6) is 0. The summed E-state index contributed by atoms with van der Waals surface area (Å²) in [7, 11) is 0. The van der Waals surface area contributed by atoms with Crippen molar-refractivity contribution < 1.29 is 17.1 Å². The molecule has 4 nitrogen and oxygen atoms in total. The van der Waals surface area contributed by atoms with Crippen LogP contribution in [0.4, 0.5) is 0 Å². The molecule has 5 aliphatic heterocycles.